The van der Waals surface area contributed by atoms with E-state index in [1.807, 2.05) is 11.3 Å². The standard InChI is InChI=1S/C11H17N3OS/c1-2-12-7-9(1)10-8-13-11(16-10)14-3-5-15-6-4-14/h8-9,12H,1-7H2. The van der Waals surface area contributed by atoms with Crippen molar-refractivity contribution in [2.45, 2.75) is 12.3 Å². The van der Waals surface area contributed by atoms with Gasteiger partial charge in [-0.25, -0.2) is 4.98 Å². The number of aromatic nitrogens is 1. The molecule has 1 N–H and O–H groups in total. The van der Waals surface area contributed by atoms with Crippen LogP contribution in [0.15, 0.2) is 6.20 Å². The van der Waals surface area contributed by atoms with Gasteiger partial charge >= 0.3 is 0 Å². The van der Waals surface area contributed by atoms with E-state index in [2.05, 4.69) is 21.4 Å². The highest BCUT2D eigenvalue weighted by atomic mass is 32.1. The summed E-state index contributed by atoms with van der Waals surface area (Å²) < 4.78 is 5.35. The van der Waals surface area contributed by atoms with Crippen LogP contribution in [0.4, 0.5) is 5.13 Å². The van der Waals surface area contributed by atoms with E-state index < -0.39 is 0 Å². The first-order chi connectivity index (χ1) is 7.93. The molecule has 0 aliphatic carbocycles. The summed E-state index contributed by atoms with van der Waals surface area (Å²) in [6.07, 6.45) is 3.32. The summed E-state index contributed by atoms with van der Waals surface area (Å²) in [4.78, 5) is 8.32. The van der Waals surface area contributed by atoms with Crippen LogP contribution in [0.5, 0.6) is 0 Å². The molecule has 2 saturated heterocycles. The highest BCUT2D eigenvalue weighted by molar-refractivity contribution is 7.15. The number of ether oxygens (including phenoxy) is 1. The Balaban J connectivity index is 1.71. The minimum atomic E-state index is 0.687. The predicted octanol–water partition coefficient (Wildman–Crippen LogP) is 1.06. The van der Waals surface area contributed by atoms with Crippen molar-refractivity contribution < 1.29 is 4.74 Å². The lowest BCUT2D eigenvalue weighted by Crippen LogP contribution is -2.36. The SMILES string of the molecule is c1nc(N2CCOCC2)sc1C1CCNC1. The van der Waals surface area contributed by atoms with Crippen molar-refractivity contribution in [1.82, 2.24) is 10.3 Å². The van der Waals surface area contributed by atoms with Gasteiger partial charge in [0.15, 0.2) is 5.13 Å². The Morgan fingerprint density at radius 1 is 1.44 bits per heavy atom. The van der Waals surface area contributed by atoms with E-state index in [0.717, 1.165) is 39.4 Å². The second-order valence-corrected chi connectivity index (χ2v) is 5.38. The third-order valence-electron chi connectivity index (χ3n) is 3.26. The maximum absolute atomic E-state index is 5.35. The van der Waals surface area contributed by atoms with Crippen molar-refractivity contribution >= 4 is 16.5 Å². The van der Waals surface area contributed by atoms with Gasteiger partial charge in [-0.3, -0.25) is 0 Å². The fourth-order valence-electron chi connectivity index (χ4n) is 2.26. The molecule has 2 aliphatic rings. The third-order valence-corrected chi connectivity index (χ3v) is 4.48. The van der Waals surface area contributed by atoms with Crippen molar-refractivity contribution in [3.63, 3.8) is 0 Å². The average Bonchev–Trinajstić information content (AvgIpc) is 3.01. The molecule has 3 heterocycles. The minimum Gasteiger partial charge on any atom is -0.378 e. The van der Waals surface area contributed by atoms with E-state index >= 15 is 0 Å². The lowest BCUT2D eigenvalue weighted by atomic mass is 10.1. The molecule has 3 rings (SSSR count). The minimum absolute atomic E-state index is 0.687. The van der Waals surface area contributed by atoms with Crippen molar-refractivity contribution in [2.24, 2.45) is 0 Å². The summed E-state index contributed by atoms with van der Waals surface area (Å²) in [5.74, 6) is 0.687. The van der Waals surface area contributed by atoms with Crippen molar-refractivity contribution in [1.29, 1.82) is 0 Å². The largest absolute Gasteiger partial charge is 0.378 e. The van der Waals surface area contributed by atoms with E-state index in [0.29, 0.717) is 5.92 Å². The van der Waals surface area contributed by atoms with Crippen molar-refractivity contribution in [3.8, 4) is 0 Å². The number of thiazole rings is 1. The summed E-state index contributed by atoms with van der Waals surface area (Å²) in [5, 5.41) is 4.58. The molecule has 2 fully saturated rings. The van der Waals surface area contributed by atoms with Gasteiger partial charge < -0.3 is 15.0 Å². The fourth-order valence-corrected chi connectivity index (χ4v) is 3.37. The Bertz CT molecular complexity index is 343. The molecule has 0 saturated carbocycles. The number of nitrogens with zero attached hydrogens (tertiary/aromatic N) is 2. The van der Waals surface area contributed by atoms with Crippen molar-refractivity contribution in [2.75, 3.05) is 44.3 Å². The quantitative estimate of drug-likeness (QED) is 0.837. The van der Waals surface area contributed by atoms with Crippen LogP contribution in [-0.4, -0.2) is 44.4 Å². The zero-order chi connectivity index (χ0) is 10.8. The Morgan fingerprint density at radius 3 is 3.06 bits per heavy atom. The van der Waals surface area contributed by atoms with E-state index in [-0.39, 0.29) is 0 Å². The van der Waals surface area contributed by atoms with Crippen LogP contribution >= 0.6 is 11.3 Å². The number of hydrogen-bond acceptors (Lipinski definition) is 5. The summed E-state index contributed by atoms with van der Waals surface area (Å²) in [5.41, 5.74) is 0. The molecule has 0 bridgehead atoms. The Hall–Kier alpha value is -0.650. The molecule has 0 spiro atoms. The molecule has 2 aliphatic heterocycles. The average molecular weight is 239 g/mol. The van der Waals surface area contributed by atoms with Crippen LogP contribution in [0.1, 0.15) is 17.2 Å². The molecule has 0 aromatic carbocycles. The summed E-state index contributed by atoms with van der Waals surface area (Å²) in [7, 11) is 0. The first-order valence-electron chi connectivity index (χ1n) is 5.92. The molecule has 0 amide bonds. The van der Waals surface area contributed by atoms with Gasteiger partial charge in [0.25, 0.3) is 0 Å². The van der Waals surface area contributed by atoms with Gasteiger partial charge in [-0.05, 0) is 13.0 Å². The van der Waals surface area contributed by atoms with Crippen LogP contribution in [0.25, 0.3) is 0 Å². The van der Waals surface area contributed by atoms with Gasteiger partial charge in [0.1, 0.15) is 0 Å². The Labute approximate surface area is 99.6 Å². The first kappa shape index (κ1) is 10.5. The molecule has 1 unspecified atom stereocenters. The Morgan fingerprint density at radius 2 is 2.31 bits per heavy atom. The van der Waals surface area contributed by atoms with Crippen LogP contribution in [0.3, 0.4) is 0 Å². The lowest BCUT2D eigenvalue weighted by molar-refractivity contribution is 0.122. The van der Waals surface area contributed by atoms with Gasteiger partial charge in [0, 0.05) is 36.6 Å². The number of morpholine rings is 1. The Kier molecular flexibility index (Phi) is 3.08. The molecule has 1 aromatic rings. The van der Waals surface area contributed by atoms with E-state index in [1.165, 1.54) is 16.4 Å². The molecule has 1 aromatic heterocycles. The number of rotatable bonds is 2. The van der Waals surface area contributed by atoms with E-state index in [1.54, 1.807) is 0 Å². The van der Waals surface area contributed by atoms with Gasteiger partial charge in [0.2, 0.25) is 0 Å². The molecule has 1 atom stereocenters. The van der Waals surface area contributed by atoms with Crippen LogP contribution in [-0.2, 0) is 4.74 Å². The second kappa shape index (κ2) is 4.69. The molecule has 16 heavy (non-hydrogen) atoms. The smallest absolute Gasteiger partial charge is 0.185 e. The molecule has 88 valence electrons. The summed E-state index contributed by atoms with van der Waals surface area (Å²) >= 11 is 1.86. The molecular weight excluding hydrogens is 222 g/mol. The van der Waals surface area contributed by atoms with Crippen molar-refractivity contribution in [3.05, 3.63) is 11.1 Å². The summed E-state index contributed by atoms with van der Waals surface area (Å²) in [6.45, 7) is 5.89. The molecule has 5 heteroatoms. The van der Waals surface area contributed by atoms with Crippen LogP contribution in [0, 0.1) is 0 Å². The normalized spacial score (nSPS) is 26.2. The topological polar surface area (TPSA) is 37.4 Å². The van der Waals surface area contributed by atoms with Crippen LogP contribution in [0.2, 0.25) is 0 Å². The highest BCUT2D eigenvalue weighted by Crippen LogP contribution is 2.31. The maximum Gasteiger partial charge on any atom is 0.185 e. The second-order valence-electron chi connectivity index (χ2n) is 4.33. The van der Waals surface area contributed by atoms with Gasteiger partial charge in [-0.2, -0.15) is 0 Å². The third kappa shape index (κ3) is 2.07. The van der Waals surface area contributed by atoms with E-state index in [9.17, 15) is 0 Å². The van der Waals surface area contributed by atoms with Gasteiger partial charge in [0.05, 0.1) is 13.2 Å². The zero-order valence-electron chi connectivity index (χ0n) is 9.32. The predicted molar refractivity (Wildman–Crippen MR) is 65.4 cm³/mol. The zero-order valence-corrected chi connectivity index (χ0v) is 10.1. The molecule has 0 radical (unpaired) electrons. The maximum atomic E-state index is 5.35. The lowest BCUT2D eigenvalue weighted by Gasteiger charge is -2.26. The van der Waals surface area contributed by atoms with Gasteiger partial charge in [-0.15, -0.1) is 11.3 Å². The number of anilines is 1. The molecular formula is C11H17N3OS. The van der Waals surface area contributed by atoms with E-state index in [4.69, 9.17) is 4.74 Å². The fraction of sp³-hybridized carbons (Fsp3) is 0.727. The first-order valence-corrected chi connectivity index (χ1v) is 6.74. The monoisotopic (exact) mass is 239 g/mol. The van der Waals surface area contributed by atoms with Crippen LogP contribution < -0.4 is 10.2 Å². The highest BCUT2D eigenvalue weighted by Gasteiger charge is 2.21. The number of nitrogens with one attached hydrogen (secondary N) is 1. The number of hydrogen-bond donors (Lipinski definition) is 1. The molecule has 4 nitrogen and oxygen atoms in total. The van der Waals surface area contributed by atoms with Gasteiger partial charge in [-0.1, -0.05) is 0 Å². The summed E-state index contributed by atoms with van der Waals surface area (Å²) in [6, 6.07) is 0.